The van der Waals surface area contributed by atoms with Gasteiger partial charge in [0.2, 0.25) is 6.79 Å². The Morgan fingerprint density at radius 3 is 2.46 bits per heavy atom. The normalized spacial score (nSPS) is 15.1. The summed E-state index contributed by atoms with van der Waals surface area (Å²) in [7, 11) is 0. The zero-order valence-corrected chi connectivity index (χ0v) is 19.9. The van der Waals surface area contributed by atoms with Crippen molar-refractivity contribution < 1.29 is 19.1 Å². The number of carbonyl (C=O) groups is 2. The summed E-state index contributed by atoms with van der Waals surface area (Å²) in [5.41, 5.74) is 3.08. The second kappa shape index (κ2) is 10.3. The zero-order chi connectivity index (χ0) is 24.2. The minimum absolute atomic E-state index is 0.0847. The minimum atomic E-state index is -0.128. The molecule has 5 rings (SSSR count). The predicted octanol–water partition coefficient (Wildman–Crippen LogP) is 4.40. The number of amides is 2. The molecule has 2 N–H and O–H groups in total. The molecule has 2 aliphatic rings. The van der Waals surface area contributed by atoms with Gasteiger partial charge in [-0.1, -0.05) is 29.8 Å². The van der Waals surface area contributed by atoms with Gasteiger partial charge in [-0.15, -0.1) is 0 Å². The number of halogens is 1. The van der Waals surface area contributed by atoms with Crippen molar-refractivity contribution in [2.75, 3.05) is 24.8 Å². The monoisotopic (exact) mass is 491 g/mol. The standard InChI is InChI=1S/C27H26ClN3O4/c28-20-8-6-19(7-9-20)26(32)30-21-11-13-31(14-12-21)23-4-2-1-3-22(23)27(33)29-16-18-5-10-24-25(15-18)35-17-34-24/h1-10,15,21H,11-14,16-17H2,(H,29,33)(H,30,32). The molecule has 0 radical (unpaired) electrons. The van der Waals surface area contributed by atoms with Crippen LogP contribution in [0.3, 0.4) is 0 Å². The molecular weight excluding hydrogens is 466 g/mol. The van der Waals surface area contributed by atoms with Crippen molar-refractivity contribution in [1.82, 2.24) is 10.6 Å². The lowest BCUT2D eigenvalue weighted by Crippen LogP contribution is -2.45. The Kier molecular flexibility index (Phi) is 6.77. The third-order valence-electron chi connectivity index (χ3n) is 6.32. The van der Waals surface area contributed by atoms with E-state index in [0.29, 0.717) is 28.4 Å². The zero-order valence-electron chi connectivity index (χ0n) is 19.1. The van der Waals surface area contributed by atoms with Crippen molar-refractivity contribution in [2.45, 2.75) is 25.4 Å². The van der Waals surface area contributed by atoms with Crippen LogP contribution in [0, 0.1) is 0 Å². The third kappa shape index (κ3) is 5.35. The fourth-order valence-electron chi connectivity index (χ4n) is 4.40. The lowest BCUT2D eigenvalue weighted by atomic mass is 10.0. The Morgan fingerprint density at radius 2 is 1.66 bits per heavy atom. The molecule has 0 aromatic heterocycles. The number of carbonyl (C=O) groups excluding carboxylic acids is 2. The highest BCUT2D eigenvalue weighted by molar-refractivity contribution is 6.30. The van der Waals surface area contributed by atoms with E-state index in [1.54, 1.807) is 24.3 Å². The van der Waals surface area contributed by atoms with Crippen LogP contribution in [0.4, 0.5) is 5.69 Å². The van der Waals surface area contributed by atoms with Gasteiger partial charge in [-0.05, 0) is 66.9 Å². The lowest BCUT2D eigenvalue weighted by molar-refractivity contribution is 0.0929. The van der Waals surface area contributed by atoms with E-state index in [9.17, 15) is 9.59 Å². The number of nitrogens with one attached hydrogen (secondary N) is 2. The van der Waals surface area contributed by atoms with E-state index in [4.69, 9.17) is 21.1 Å². The molecule has 0 bridgehead atoms. The first-order valence-corrected chi connectivity index (χ1v) is 12.0. The van der Waals surface area contributed by atoms with Crippen molar-refractivity contribution in [3.63, 3.8) is 0 Å². The molecule has 2 amide bonds. The van der Waals surface area contributed by atoms with E-state index in [1.807, 2.05) is 42.5 Å². The summed E-state index contributed by atoms with van der Waals surface area (Å²) in [5, 5.41) is 6.73. The van der Waals surface area contributed by atoms with E-state index in [0.717, 1.165) is 42.9 Å². The van der Waals surface area contributed by atoms with Crippen LogP contribution < -0.4 is 25.0 Å². The van der Waals surface area contributed by atoms with Gasteiger partial charge in [0.15, 0.2) is 11.5 Å². The number of rotatable bonds is 6. The SMILES string of the molecule is O=C(NC1CCN(c2ccccc2C(=O)NCc2ccc3c(c2)OCO3)CC1)c1ccc(Cl)cc1. The van der Waals surface area contributed by atoms with Gasteiger partial charge < -0.3 is 25.0 Å². The van der Waals surface area contributed by atoms with Crippen LogP contribution in [0.5, 0.6) is 11.5 Å². The van der Waals surface area contributed by atoms with Crippen LogP contribution >= 0.6 is 11.6 Å². The molecule has 8 heteroatoms. The summed E-state index contributed by atoms with van der Waals surface area (Å²) in [6, 6.07) is 20.3. The van der Waals surface area contributed by atoms with Gasteiger partial charge in [-0.2, -0.15) is 0 Å². The molecule has 0 spiro atoms. The molecule has 1 fully saturated rings. The molecule has 35 heavy (non-hydrogen) atoms. The Hall–Kier alpha value is -3.71. The number of hydrogen-bond donors (Lipinski definition) is 2. The van der Waals surface area contributed by atoms with Crippen LogP contribution in [0.25, 0.3) is 0 Å². The van der Waals surface area contributed by atoms with Crippen molar-refractivity contribution in [1.29, 1.82) is 0 Å². The average Bonchev–Trinajstić information content (AvgIpc) is 3.36. The molecule has 2 heterocycles. The Bertz CT molecular complexity index is 1220. The smallest absolute Gasteiger partial charge is 0.253 e. The van der Waals surface area contributed by atoms with Gasteiger partial charge in [-0.3, -0.25) is 9.59 Å². The molecule has 3 aromatic rings. The summed E-state index contributed by atoms with van der Waals surface area (Å²) in [4.78, 5) is 27.8. The highest BCUT2D eigenvalue weighted by Crippen LogP contribution is 2.32. The maximum atomic E-state index is 13.0. The minimum Gasteiger partial charge on any atom is -0.454 e. The summed E-state index contributed by atoms with van der Waals surface area (Å²) in [5.74, 6) is 1.20. The lowest BCUT2D eigenvalue weighted by Gasteiger charge is -2.35. The highest BCUT2D eigenvalue weighted by Gasteiger charge is 2.24. The number of fused-ring (bicyclic) bond motifs is 1. The molecule has 0 atom stereocenters. The average molecular weight is 492 g/mol. The molecule has 180 valence electrons. The van der Waals surface area contributed by atoms with Gasteiger partial charge in [0, 0.05) is 41.9 Å². The number of para-hydroxylation sites is 1. The first kappa shape index (κ1) is 23.1. The predicted molar refractivity (Wildman–Crippen MR) is 134 cm³/mol. The first-order valence-electron chi connectivity index (χ1n) is 11.6. The largest absolute Gasteiger partial charge is 0.454 e. The van der Waals surface area contributed by atoms with Crippen molar-refractivity contribution in [3.05, 3.63) is 88.4 Å². The van der Waals surface area contributed by atoms with Crippen LogP contribution in [-0.4, -0.2) is 37.7 Å². The number of piperidine rings is 1. The molecule has 0 aliphatic carbocycles. The summed E-state index contributed by atoms with van der Waals surface area (Å²) in [6.07, 6.45) is 1.60. The van der Waals surface area contributed by atoms with Gasteiger partial charge in [0.05, 0.1) is 5.56 Å². The number of ether oxygens (including phenoxy) is 2. The van der Waals surface area contributed by atoms with Crippen LogP contribution in [0.1, 0.15) is 39.1 Å². The maximum Gasteiger partial charge on any atom is 0.253 e. The van der Waals surface area contributed by atoms with E-state index in [-0.39, 0.29) is 24.6 Å². The van der Waals surface area contributed by atoms with Crippen molar-refractivity contribution in [2.24, 2.45) is 0 Å². The number of benzene rings is 3. The van der Waals surface area contributed by atoms with E-state index in [1.165, 1.54) is 0 Å². The quantitative estimate of drug-likeness (QED) is 0.534. The molecule has 1 saturated heterocycles. The number of anilines is 1. The Labute approximate surface area is 209 Å². The molecule has 0 saturated carbocycles. The summed E-state index contributed by atoms with van der Waals surface area (Å²) in [6.45, 7) is 2.11. The fraction of sp³-hybridized carbons (Fsp3) is 0.259. The van der Waals surface area contributed by atoms with Crippen LogP contribution in [0.2, 0.25) is 5.02 Å². The number of hydrogen-bond acceptors (Lipinski definition) is 5. The Morgan fingerprint density at radius 1 is 0.914 bits per heavy atom. The van der Waals surface area contributed by atoms with E-state index in [2.05, 4.69) is 15.5 Å². The Balaban J connectivity index is 1.18. The van der Waals surface area contributed by atoms with Gasteiger partial charge in [0.25, 0.3) is 11.8 Å². The molecule has 2 aliphatic heterocycles. The molecule has 7 nitrogen and oxygen atoms in total. The topological polar surface area (TPSA) is 79.9 Å². The second-order valence-electron chi connectivity index (χ2n) is 8.63. The van der Waals surface area contributed by atoms with Gasteiger partial charge in [-0.25, -0.2) is 0 Å². The molecule has 0 unspecified atom stereocenters. The maximum absolute atomic E-state index is 13.0. The first-order chi connectivity index (χ1) is 17.1. The molecular formula is C27H26ClN3O4. The van der Waals surface area contributed by atoms with E-state index < -0.39 is 0 Å². The van der Waals surface area contributed by atoms with Crippen LogP contribution in [-0.2, 0) is 6.54 Å². The van der Waals surface area contributed by atoms with Crippen LogP contribution in [0.15, 0.2) is 66.7 Å². The van der Waals surface area contributed by atoms with Crippen molar-refractivity contribution in [3.8, 4) is 11.5 Å². The van der Waals surface area contributed by atoms with Crippen molar-refractivity contribution >= 4 is 29.1 Å². The fourth-order valence-corrected chi connectivity index (χ4v) is 4.53. The summed E-state index contributed by atoms with van der Waals surface area (Å²) < 4.78 is 10.8. The van der Waals surface area contributed by atoms with Gasteiger partial charge >= 0.3 is 0 Å². The van der Waals surface area contributed by atoms with E-state index >= 15 is 0 Å². The van der Waals surface area contributed by atoms with Gasteiger partial charge in [0.1, 0.15) is 0 Å². The number of nitrogens with zero attached hydrogens (tertiary/aromatic N) is 1. The third-order valence-corrected chi connectivity index (χ3v) is 6.57. The highest BCUT2D eigenvalue weighted by atomic mass is 35.5. The summed E-state index contributed by atoms with van der Waals surface area (Å²) >= 11 is 5.91. The second-order valence-corrected chi connectivity index (χ2v) is 9.07. The molecule has 3 aromatic carbocycles.